The molecule has 1 saturated heterocycles. The van der Waals surface area contributed by atoms with Crippen LogP contribution in [-0.4, -0.2) is 61.0 Å². The van der Waals surface area contributed by atoms with Gasteiger partial charge in [-0.1, -0.05) is 5.16 Å². The van der Waals surface area contributed by atoms with Crippen LogP contribution in [0.2, 0.25) is 0 Å². The average molecular weight is 455 g/mol. The zero-order valence-corrected chi connectivity index (χ0v) is 18.3. The zero-order chi connectivity index (χ0) is 22.4. The summed E-state index contributed by atoms with van der Waals surface area (Å²) in [5, 5.41) is 6.28. The summed E-state index contributed by atoms with van der Waals surface area (Å²) in [5.74, 6) is -0.120. The number of carbonyl (C=O) groups excluding carboxylic acids is 2. The van der Waals surface area contributed by atoms with E-state index in [9.17, 15) is 18.0 Å². The second-order valence-electron chi connectivity index (χ2n) is 7.15. The Morgan fingerprint density at radius 2 is 2.03 bits per heavy atom. The molecule has 170 valence electrons. The van der Waals surface area contributed by atoms with E-state index in [1.54, 1.807) is 13.8 Å². The van der Waals surface area contributed by atoms with Gasteiger partial charge >= 0.3 is 5.97 Å². The maximum absolute atomic E-state index is 12.8. The van der Waals surface area contributed by atoms with E-state index in [1.165, 1.54) is 16.4 Å². The third-order valence-electron chi connectivity index (χ3n) is 4.91. The monoisotopic (exact) mass is 454 g/mol. The largest absolute Gasteiger partial charge is 0.460 e. The van der Waals surface area contributed by atoms with E-state index in [4.69, 9.17) is 13.7 Å². The highest BCUT2D eigenvalue weighted by molar-refractivity contribution is 7.89. The van der Waals surface area contributed by atoms with E-state index in [-0.39, 0.29) is 42.4 Å². The molecule has 11 nitrogen and oxygen atoms in total. The smallest absolute Gasteiger partial charge is 0.374 e. The van der Waals surface area contributed by atoms with Crippen LogP contribution in [-0.2, 0) is 26.0 Å². The molecule has 0 radical (unpaired) electrons. The predicted molar refractivity (Wildman–Crippen MR) is 107 cm³/mol. The minimum absolute atomic E-state index is 0.0960. The second-order valence-corrected chi connectivity index (χ2v) is 9.02. The molecular formula is C19H26N4O7S. The molecule has 3 heterocycles. The van der Waals surface area contributed by atoms with E-state index < -0.39 is 16.0 Å². The Labute approximate surface area is 180 Å². The SMILES string of the molecule is CCOC(=O)c1ccc(S(=O)(=O)N2CCC(C(=O)NCCCc3nc(C)no3)CC2)o1. The Kier molecular flexibility index (Phi) is 7.44. The van der Waals surface area contributed by atoms with E-state index in [2.05, 4.69) is 15.5 Å². The molecule has 1 N–H and O–H groups in total. The molecule has 1 aliphatic rings. The average Bonchev–Trinajstić information content (AvgIpc) is 3.41. The first-order valence-corrected chi connectivity index (χ1v) is 11.6. The number of nitrogens with zero attached hydrogens (tertiary/aromatic N) is 3. The van der Waals surface area contributed by atoms with Crippen LogP contribution in [0.4, 0.5) is 0 Å². The molecule has 1 amide bonds. The maximum atomic E-state index is 12.8. The summed E-state index contributed by atoms with van der Waals surface area (Å²) in [6, 6.07) is 2.52. The van der Waals surface area contributed by atoms with Crippen molar-refractivity contribution in [1.29, 1.82) is 0 Å². The summed E-state index contributed by atoms with van der Waals surface area (Å²) < 4.78 is 41.8. The number of aryl methyl sites for hydroxylation is 2. The van der Waals surface area contributed by atoms with Crippen molar-refractivity contribution in [2.24, 2.45) is 5.92 Å². The number of piperidine rings is 1. The van der Waals surface area contributed by atoms with Gasteiger partial charge in [0.25, 0.3) is 10.0 Å². The predicted octanol–water partition coefficient (Wildman–Crippen LogP) is 1.30. The van der Waals surface area contributed by atoms with Crippen molar-refractivity contribution in [2.75, 3.05) is 26.2 Å². The standard InChI is InChI=1S/C19H26N4O7S/c1-3-28-19(25)15-6-7-17(29-15)31(26,27)23-11-8-14(9-12-23)18(24)20-10-4-5-16-21-13(2)22-30-16/h6-7,14H,3-5,8-12H2,1-2H3,(H,20,24). The van der Waals surface area contributed by atoms with E-state index in [1.807, 2.05) is 0 Å². The number of aromatic nitrogens is 2. The number of amides is 1. The highest BCUT2D eigenvalue weighted by Crippen LogP contribution is 2.25. The van der Waals surface area contributed by atoms with Crippen molar-refractivity contribution in [2.45, 2.75) is 44.6 Å². The fourth-order valence-corrected chi connectivity index (χ4v) is 4.67. The van der Waals surface area contributed by atoms with Crippen LogP contribution < -0.4 is 5.32 Å². The third kappa shape index (κ3) is 5.70. The molecule has 0 saturated carbocycles. The number of ether oxygens (including phenoxy) is 1. The van der Waals surface area contributed by atoms with E-state index in [0.29, 0.717) is 43.9 Å². The van der Waals surface area contributed by atoms with E-state index in [0.717, 1.165) is 0 Å². The van der Waals surface area contributed by atoms with Crippen molar-refractivity contribution in [3.63, 3.8) is 0 Å². The molecule has 0 aromatic carbocycles. The third-order valence-corrected chi connectivity index (χ3v) is 6.69. The number of hydrogen-bond acceptors (Lipinski definition) is 9. The van der Waals surface area contributed by atoms with Crippen LogP contribution in [0.5, 0.6) is 0 Å². The van der Waals surface area contributed by atoms with Crippen molar-refractivity contribution < 1.29 is 31.7 Å². The Morgan fingerprint density at radius 1 is 1.29 bits per heavy atom. The molecular weight excluding hydrogens is 428 g/mol. The van der Waals surface area contributed by atoms with Crippen molar-refractivity contribution in [1.82, 2.24) is 19.8 Å². The summed E-state index contributed by atoms with van der Waals surface area (Å²) in [4.78, 5) is 28.2. The van der Waals surface area contributed by atoms with Gasteiger partial charge in [-0.2, -0.15) is 9.29 Å². The van der Waals surface area contributed by atoms with Crippen molar-refractivity contribution in [3.05, 3.63) is 29.6 Å². The normalized spacial score (nSPS) is 15.7. The van der Waals surface area contributed by atoms with Gasteiger partial charge in [0, 0.05) is 32.0 Å². The zero-order valence-electron chi connectivity index (χ0n) is 17.5. The highest BCUT2D eigenvalue weighted by Gasteiger charge is 2.34. The molecule has 0 atom stereocenters. The van der Waals surface area contributed by atoms with Crippen LogP contribution >= 0.6 is 0 Å². The first-order chi connectivity index (χ1) is 14.8. The molecule has 1 aliphatic heterocycles. The molecule has 1 fully saturated rings. The lowest BCUT2D eigenvalue weighted by atomic mass is 9.97. The maximum Gasteiger partial charge on any atom is 0.374 e. The lowest BCUT2D eigenvalue weighted by molar-refractivity contribution is -0.126. The minimum Gasteiger partial charge on any atom is -0.460 e. The summed E-state index contributed by atoms with van der Waals surface area (Å²) in [7, 11) is -3.88. The number of hydrogen-bond donors (Lipinski definition) is 1. The lowest BCUT2D eigenvalue weighted by Crippen LogP contribution is -2.43. The van der Waals surface area contributed by atoms with Crippen LogP contribution in [0.15, 0.2) is 26.2 Å². The highest BCUT2D eigenvalue weighted by atomic mass is 32.2. The van der Waals surface area contributed by atoms with Gasteiger partial charge in [0.05, 0.1) is 6.61 Å². The van der Waals surface area contributed by atoms with Gasteiger partial charge in [0.2, 0.25) is 22.7 Å². The summed E-state index contributed by atoms with van der Waals surface area (Å²) in [6.45, 7) is 4.41. The number of furan rings is 1. The van der Waals surface area contributed by atoms with Crippen LogP contribution in [0, 0.1) is 12.8 Å². The van der Waals surface area contributed by atoms with Crippen LogP contribution in [0.3, 0.4) is 0 Å². The molecule has 12 heteroatoms. The Morgan fingerprint density at radius 3 is 2.68 bits per heavy atom. The van der Waals surface area contributed by atoms with Gasteiger partial charge in [-0.25, -0.2) is 13.2 Å². The van der Waals surface area contributed by atoms with Gasteiger partial charge in [-0.3, -0.25) is 4.79 Å². The first-order valence-electron chi connectivity index (χ1n) is 10.1. The molecule has 0 spiro atoms. The van der Waals surface area contributed by atoms with Gasteiger partial charge in [-0.15, -0.1) is 0 Å². The molecule has 3 rings (SSSR count). The van der Waals surface area contributed by atoms with E-state index >= 15 is 0 Å². The van der Waals surface area contributed by atoms with Crippen LogP contribution in [0.1, 0.15) is 48.5 Å². The lowest BCUT2D eigenvalue weighted by Gasteiger charge is -2.29. The van der Waals surface area contributed by atoms with Crippen molar-refractivity contribution in [3.8, 4) is 0 Å². The van der Waals surface area contributed by atoms with Gasteiger partial charge in [0.15, 0.2) is 5.82 Å². The quantitative estimate of drug-likeness (QED) is 0.437. The number of carbonyl (C=O) groups is 2. The number of sulfonamides is 1. The summed E-state index contributed by atoms with van der Waals surface area (Å²) in [6.07, 6.45) is 2.05. The molecule has 0 unspecified atom stereocenters. The van der Waals surface area contributed by atoms with Gasteiger partial charge in [0.1, 0.15) is 0 Å². The molecule has 0 aliphatic carbocycles. The molecule has 2 aromatic heterocycles. The molecule has 2 aromatic rings. The van der Waals surface area contributed by atoms with Gasteiger partial charge in [-0.05, 0) is 45.2 Å². The summed E-state index contributed by atoms with van der Waals surface area (Å²) >= 11 is 0. The Hall–Kier alpha value is -2.73. The summed E-state index contributed by atoms with van der Waals surface area (Å²) in [5.41, 5.74) is 0. The second kappa shape index (κ2) is 10.1. The molecule has 31 heavy (non-hydrogen) atoms. The number of esters is 1. The minimum atomic E-state index is -3.88. The molecule has 0 bridgehead atoms. The topological polar surface area (TPSA) is 145 Å². The number of rotatable bonds is 9. The fourth-order valence-electron chi connectivity index (χ4n) is 3.29. The Balaban J connectivity index is 1.45. The fraction of sp³-hybridized carbons (Fsp3) is 0.579. The van der Waals surface area contributed by atoms with Crippen LogP contribution in [0.25, 0.3) is 0 Å². The Bertz CT molecular complexity index is 1010. The van der Waals surface area contributed by atoms with Gasteiger partial charge < -0.3 is 19.0 Å². The number of nitrogens with one attached hydrogen (secondary N) is 1. The first kappa shape index (κ1) is 22.9. The van der Waals surface area contributed by atoms with Crippen molar-refractivity contribution >= 4 is 21.9 Å².